The van der Waals surface area contributed by atoms with E-state index >= 15 is 0 Å². The van der Waals surface area contributed by atoms with E-state index < -0.39 is 0 Å². The van der Waals surface area contributed by atoms with E-state index in [1.807, 2.05) is 0 Å². The van der Waals surface area contributed by atoms with Crippen LogP contribution in [0.2, 0.25) is 0 Å². The highest BCUT2D eigenvalue weighted by molar-refractivity contribution is 4.94. The van der Waals surface area contributed by atoms with Gasteiger partial charge in [-0.1, -0.05) is 6.92 Å². The van der Waals surface area contributed by atoms with E-state index in [1.165, 1.54) is 45.1 Å². The largest absolute Gasteiger partial charge is 0.381 e. The number of hydrogen-bond acceptors (Lipinski definition) is 3. The SMILES string of the molecule is CC1CCC(CN)(N(C)CC2CCOCC2)CC1. The van der Waals surface area contributed by atoms with Crippen molar-refractivity contribution in [2.24, 2.45) is 17.6 Å². The van der Waals surface area contributed by atoms with Crippen molar-refractivity contribution in [2.45, 2.75) is 51.0 Å². The highest BCUT2D eigenvalue weighted by Gasteiger charge is 2.37. The van der Waals surface area contributed by atoms with Crippen LogP contribution in [0, 0.1) is 11.8 Å². The quantitative estimate of drug-likeness (QED) is 0.836. The zero-order valence-electron chi connectivity index (χ0n) is 12.2. The molecule has 0 aromatic heterocycles. The summed E-state index contributed by atoms with van der Waals surface area (Å²) in [6, 6.07) is 0. The van der Waals surface area contributed by atoms with Crippen LogP contribution >= 0.6 is 0 Å². The van der Waals surface area contributed by atoms with Crippen molar-refractivity contribution in [2.75, 3.05) is 33.4 Å². The van der Waals surface area contributed by atoms with E-state index in [0.717, 1.165) is 31.6 Å². The van der Waals surface area contributed by atoms with Crippen molar-refractivity contribution in [3.8, 4) is 0 Å². The molecule has 1 saturated carbocycles. The highest BCUT2D eigenvalue weighted by Crippen LogP contribution is 2.36. The molecule has 2 aliphatic rings. The molecule has 2 rings (SSSR count). The lowest BCUT2D eigenvalue weighted by atomic mass is 9.76. The second-order valence-corrected chi connectivity index (χ2v) is 6.55. The maximum absolute atomic E-state index is 6.12. The van der Waals surface area contributed by atoms with Crippen molar-refractivity contribution >= 4 is 0 Å². The lowest BCUT2D eigenvalue weighted by molar-refractivity contribution is 0.0174. The molecule has 106 valence electrons. The Bertz CT molecular complexity index is 243. The fourth-order valence-corrected chi connectivity index (χ4v) is 3.55. The first-order valence-corrected chi connectivity index (χ1v) is 7.65. The molecule has 0 radical (unpaired) electrons. The molecule has 1 aliphatic carbocycles. The number of nitrogens with two attached hydrogens (primary N) is 1. The number of nitrogens with zero attached hydrogens (tertiary/aromatic N) is 1. The minimum Gasteiger partial charge on any atom is -0.381 e. The molecule has 18 heavy (non-hydrogen) atoms. The van der Waals surface area contributed by atoms with E-state index in [1.54, 1.807) is 0 Å². The Hall–Kier alpha value is -0.120. The fraction of sp³-hybridized carbons (Fsp3) is 1.00. The Morgan fingerprint density at radius 1 is 1.17 bits per heavy atom. The molecule has 0 spiro atoms. The van der Waals surface area contributed by atoms with Crippen LogP contribution in [0.1, 0.15) is 45.4 Å². The molecule has 0 aromatic carbocycles. The van der Waals surface area contributed by atoms with Crippen LogP contribution in [-0.2, 0) is 4.74 Å². The van der Waals surface area contributed by atoms with Gasteiger partial charge in [-0.2, -0.15) is 0 Å². The maximum Gasteiger partial charge on any atom is 0.0469 e. The van der Waals surface area contributed by atoms with Gasteiger partial charge in [0.05, 0.1) is 0 Å². The van der Waals surface area contributed by atoms with E-state index in [2.05, 4.69) is 18.9 Å². The van der Waals surface area contributed by atoms with Gasteiger partial charge in [0.15, 0.2) is 0 Å². The van der Waals surface area contributed by atoms with Gasteiger partial charge in [-0.15, -0.1) is 0 Å². The Balaban J connectivity index is 1.90. The van der Waals surface area contributed by atoms with Gasteiger partial charge in [0, 0.05) is 31.8 Å². The molecule has 1 heterocycles. The van der Waals surface area contributed by atoms with Gasteiger partial charge in [-0.25, -0.2) is 0 Å². The minimum absolute atomic E-state index is 0.283. The van der Waals surface area contributed by atoms with Gasteiger partial charge in [-0.3, -0.25) is 4.90 Å². The summed E-state index contributed by atoms with van der Waals surface area (Å²) in [5.41, 5.74) is 6.41. The molecule has 1 aliphatic heterocycles. The Morgan fingerprint density at radius 2 is 1.78 bits per heavy atom. The summed E-state index contributed by atoms with van der Waals surface area (Å²) in [7, 11) is 2.29. The third kappa shape index (κ3) is 3.25. The topological polar surface area (TPSA) is 38.5 Å². The summed E-state index contributed by atoms with van der Waals surface area (Å²) in [5, 5.41) is 0. The van der Waals surface area contributed by atoms with Crippen molar-refractivity contribution in [3.63, 3.8) is 0 Å². The molecular weight excluding hydrogens is 224 g/mol. The molecule has 3 heteroatoms. The first-order valence-electron chi connectivity index (χ1n) is 7.65. The second kappa shape index (κ2) is 6.36. The van der Waals surface area contributed by atoms with Crippen LogP contribution in [-0.4, -0.2) is 43.8 Å². The summed E-state index contributed by atoms with van der Waals surface area (Å²) >= 11 is 0. The average molecular weight is 254 g/mol. The number of hydrogen-bond donors (Lipinski definition) is 1. The molecule has 1 saturated heterocycles. The molecule has 2 fully saturated rings. The first-order chi connectivity index (χ1) is 8.66. The Morgan fingerprint density at radius 3 is 2.33 bits per heavy atom. The third-order valence-electron chi connectivity index (χ3n) is 5.27. The molecule has 0 aromatic rings. The van der Waals surface area contributed by atoms with E-state index in [0.29, 0.717) is 0 Å². The van der Waals surface area contributed by atoms with Crippen LogP contribution in [0.4, 0.5) is 0 Å². The van der Waals surface area contributed by atoms with Crippen LogP contribution in [0.25, 0.3) is 0 Å². The second-order valence-electron chi connectivity index (χ2n) is 6.55. The van der Waals surface area contributed by atoms with Gasteiger partial charge in [-0.05, 0) is 57.4 Å². The maximum atomic E-state index is 6.12. The van der Waals surface area contributed by atoms with E-state index in [4.69, 9.17) is 10.5 Å². The summed E-state index contributed by atoms with van der Waals surface area (Å²) in [5.74, 6) is 1.70. The lowest BCUT2D eigenvalue weighted by Crippen LogP contribution is -2.55. The van der Waals surface area contributed by atoms with Crippen LogP contribution in [0.15, 0.2) is 0 Å². The average Bonchev–Trinajstić information content (AvgIpc) is 2.41. The van der Waals surface area contributed by atoms with Gasteiger partial charge < -0.3 is 10.5 Å². The van der Waals surface area contributed by atoms with Crippen LogP contribution in [0.5, 0.6) is 0 Å². The summed E-state index contributed by atoms with van der Waals surface area (Å²) in [4.78, 5) is 2.58. The lowest BCUT2D eigenvalue weighted by Gasteiger charge is -2.47. The van der Waals surface area contributed by atoms with Crippen molar-refractivity contribution in [3.05, 3.63) is 0 Å². The van der Waals surface area contributed by atoms with Gasteiger partial charge in [0.1, 0.15) is 0 Å². The molecule has 0 atom stereocenters. The van der Waals surface area contributed by atoms with Crippen LogP contribution in [0.3, 0.4) is 0 Å². The van der Waals surface area contributed by atoms with Crippen molar-refractivity contribution < 1.29 is 4.74 Å². The molecule has 3 nitrogen and oxygen atoms in total. The van der Waals surface area contributed by atoms with Crippen molar-refractivity contribution in [1.82, 2.24) is 4.90 Å². The van der Waals surface area contributed by atoms with Gasteiger partial charge >= 0.3 is 0 Å². The van der Waals surface area contributed by atoms with Crippen molar-refractivity contribution in [1.29, 1.82) is 0 Å². The van der Waals surface area contributed by atoms with E-state index in [9.17, 15) is 0 Å². The standard InChI is InChI=1S/C15H30N2O/c1-13-3-7-15(12-16,8-4-13)17(2)11-14-5-9-18-10-6-14/h13-14H,3-12,16H2,1-2H3. The van der Waals surface area contributed by atoms with Crippen LogP contribution < -0.4 is 5.73 Å². The van der Waals surface area contributed by atoms with E-state index in [-0.39, 0.29) is 5.54 Å². The Labute approximate surface area is 112 Å². The molecule has 2 N–H and O–H groups in total. The Kier molecular flexibility index (Phi) is 5.05. The smallest absolute Gasteiger partial charge is 0.0469 e. The monoisotopic (exact) mass is 254 g/mol. The predicted octanol–water partition coefficient (Wildman–Crippen LogP) is 2.25. The van der Waals surface area contributed by atoms with Gasteiger partial charge in [0.2, 0.25) is 0 Å². The number of likely N-dealkylation sites (N-methyl/N-ethyl adjacent to an activating group) is 1. The zero-order chi connectivity index (χ0) is 13.0. The fourth-order valence-electron chi connectivity index (χ4n) is 3.55. The predicted molar refractivity (Wildman–Crippen MR) is 75.6 cm³/mol. The summed E-state index contributed by atoms with van der Waals surface area (Å²) < 4.78 is 5.45. The van der Waals surface area contributed by atoms with Gasteiger partial charge in [0.25, 0.3) is 0 Å². The third-order valence-corrected chi connectivity index (χ3v) is 5.27. The first kappa shape index (κ1) is 14.3. The normalized spacial score (nSPS) is 35.0. The molecule has 0 unspecified atom stereocenters. The number of rotatable bonds is 4. The summed E-state index contributed by atoms with van der Waals surface area (Å²) in [6.07, 6.45) is 7.70. The highest BCUT2D eigenvalue weighted by atomic mass is 16.5. The minimum atomic E-state index is 0.283. The number of ether oxygens (including phenoxy) is 1. The zero-order valence-corrected chi connectivity index (χ0v) is 12.2. The molecule has 0 bridgehead atoms. The molecular formula is C15H30N2O. The summed E-state index contributed by atoms with van der Waals surface area (Å²) in [6.45, 7) is 6.30. The molecule has 0 amide bonds.